The van der Waals surface area contributed by atoms with Gasteiger partial charge in [-0.2, -0.15) is 0 Å². The van der Waals surface area contributed by atoms with E-state index >= 15 is 0 Å². The molecule has 0 spiro atoms. The number of halogens is 1. The molecular formula is C23H16BrN3O5S. The van der Waals surface area contributed by atoms with Crippen LogP contribution in [0.1, 0.15) is 16.1 Å². The minimum atomic E-state index is -1.05. The highest BCUT2D eigenvalue weighted by atomic mass is 79.9. The molecule has 0 atom stereocenters. The van der Waals surface area contributed by atoms with E-state index in [4.69, 9.17) is 0 Å². The summed E-state index contributed by atoms with van der Waals surface area (Å²) in [6.07, 6.45) is 3.27. The molecule has 1 fully saturated rings. The van der Waals surface area contributed by atoms with Gasteiger partial charge in [-0.25, -0.2) is 4.79 Å². The van der Waals surface area contributed by atoms with Crippen molar-refractivity contribution in [2.45, 2.75) is 0 Å². The Kier molecular flexibility index (Phi) is 6.47. The Labute approximate surface area is 201 Å². The number of thioether (sulfide) groups is 1. The van der Waals surface area contributed by atoms with Crippen molar-refractivity contribution in [2.75, 3.05) is 11.9 Å². The number of hydrogen-bond acceptors (Lipinski definition) is 5. The van der Waals surface area contributed by atoms with Gasteiger partial charge in [0.25, 0.3) is 11.1 Å². The predicted molar refractivity (Wildman–Crippen MR) is 128 cm³/mol. The molecule has 2 aromatic carbocycles. The van der Waals surface area contributed by atoms with Gasteiger partial charge in [-0.15, -0.1) is 0 Å². The number of carbonyl (C=O) groups is 4. The Bertz CT molecular complexity index is 1300. The van der Waals surface area contributed by atoms with Crippen molar-refractivity contribution >= 4 is 62.5 Å². The highest BCUT2D eigenvalue weighted by Gasteiger charge is 2.36. The van der Waals surface area contributed by atoms with Crippen LogP contribution in [0.5, 0.6) is 0 Å². The van der Waals surface area contributed by atoms with Crippen LogP contribution in [0.25, 0.3) is 11.8 Å². The van der Waals surface area contributed by atoms with Crippen molar-refractivity contribution in [1.29, 1.82) is 0 Å². The summed E-state index contributed by atoms with van der Waals surface area (Å²) in [5.41, 5.74) is 1.86. The molecule has 3 amide bonds. The number of anilines is 1. The lowest BCUT2D eigenvalue weighted by Crippen LogP contribution is -2.36. The number of amides is 3. The third-order valence-electron chi connectivity index (χ3n) is 4.73. The van der Waals surface area contributed by atoms with E-state index in [1.807, 2.05) is 0 Å². The molecule has 10 heteroatoms. The first kappa shape index (κ1) is 22.6. The number of hydrogen-bond donors (Lipinski definition) is 2. The molecule has 2 heterocycles. The Morgan fingerprint density at radius 1 is 1.06 bits per heavy atom. The molecule has 8 nitrogen and oxygen atoms in total. The Morgan fingerprint density at radius 3 is 2.55 bits per heavy atom. The van der Waals surface area contributed by atoms with Crippen molar-refractivity contribution in [2.24, 2.45) is 0 Å². The highest BCUT2D eigenvalue weighted by molar-refractivity contribution is 9.10. The first-order chi connectivity index (χ1) is 15.8. The zero-order chi connectivity index (χ0) is 23.5. The van der Waals surface area contributed by atoms with E-state index in [1.165, 1.54) is 12.1 Å². The van der Waals surface area contributed by atoms with E-state index in [1.54, 1.807) is 65.4 Å². The zero-order valence-electron chi connectivity index (χ0n) is 16.9. The van der Waals surface area contributed by atoms with Gasteiger partial charge in [0.1, 0.15) is 6.54 Å². The second kappa shape index (κ2) is 9.47. The molecule has 1 aliphatic rings. The SMILES string of the molecule is O=C(CN1C(=O)SC(=Cc2cccn2-c2cccc(C(=O)O)c2)C1=O)Nc1ccc(Br)cc1. The zero-order valence-corrected chi connectivity index (χ0v) is 19.3. The molecule has 1 saturated heterocycles. The molecule has 0 unspecified atom stereocenters. The number of carboxylic acid groups (broad SMARTS) is 1. The molecule has 0 radical (unpaired) electrons. The fourth-order valence-corrected chi connectivity index (χ4v) is 4.27. The maximum absolute atomic E-state index is 12.8. The van der Waals surface area contributed by atoms with Gasteiger partial charge in [-0.3, -0.25) is 19.3 Å². The minimum absolute atomic E-state index is 0.129. The van der Waals surface area contributed by atoms with Gasteiger partial charge in [-0.1, -0.05) is 22.0 Å². The summed E-state index contributed by atoms with van der Waals surface area (Å²) in [6, 6.07) is 16.8. The third kappa shape index (κ3) is 5.07. The van der Waals surface area contributed by atoms with E-state index < -0.39 is 29.6 Å². The normalized spacial score (nSPS) is 14.7. The molecule has 4 rings (SSSR count). The Balaban J connectivity index is 1.51. The monoisotopic (exact) mass is 525 g/mol. The molecule has 0 bridgehead atoms. The number of imide groups is 1. The van der Waals surface area contributed by atoms with Gasteiger partial charge in [0.05, 0.1) is 10.5 Å². The molecule has 1 aromatic heterocycles. The number of nitrogens with one attached hydrogen (secondary N) is 1. The summed E-state index contributed by atoms with van der Waals surface area (Å²) in [5, 5.41) is 11.3. The molecular weight excluding hydrogens is 510 g/mol. The van der Waals surface area contributed by atoms with Crippen molar-refractivity contribution < 1.29 is 24.3 Å². The maximum Gasteiger partial charge on any atom is 0.335 e. The predicted octanol–water partition coefficient (Wildman–Crippen LogP) is 4.61. The van der Waals surface area contributed by atoms with Crippen LogP contribution in [0.2, 0.25) is 0 Å². The number of carbonyl (C=O) groups excluding carboxylic acids is 3. The van der Waals surface area contributed by atoms with Gasteiger partial charge < -0.3 is 15.0 Å². The van der Waals surface area contributed by atoms with Crippen molar-refractivity contribution in [3.8, 4) is 5.69 Å². The van der Waals surface area contributed by atoms with Crippen LogP contribution in [0.15, 0.2) is 76.2 Å². The lowest BCUT2D eigenvalue weighted by Gasteiger charge is -2.12. The van der Waals surface area contributed by atoms with Gasteiger partial charge in [0.2, 0.25) is 5.91 Å². The van der Waals surface area contributed by atoms with E-state index in [-0.39, 0.29) is 10.5 Å². The smallest absolute Gasteiger partial charge is 0.335 e. The highest BCUT2D eigenvalue weighted by Crippen LogP contribution is 2.32. The van der Waals surface area contributed by atoms with Crippen LogP contribution in [0.4, 0.5) is 10.5 Å². The fourth-order valence-electron chi connectivity index (χ4n) is 3.18. The van der Waals surface area contributed by atoms with Crippen LogP contribution >= 0.6 is 27.7 Å². The standard InChI is InChI=1S/C23H16BrN3O5S/c24-15-6-8-16(9-7-15)25-20(28)13-27-21(29)19(33-23(27)32)12-18-5-2-10-26(18)17-4-1-3-14(11-17)22(30)31/h1-12H,13H2,(H,25,28)(H,30,31). The van der Waals surface area contributed by atoms with Crippen molar-refractivity contribution in [3.63, 3.8) is 0 Å². The van der Waals surface area contributed by atoms with Crippen LogP contribution in [-0.2, 0) is 9.59 Å². The summed E-state index contributed by atoms with van der Waals surface area (Å²) in [6.45, 7) is -0.403. The quantitative estimate of drug-likeness (QED) is 0.454. The summed E-state index contributed by atoms with van der Waals surface area (Å²) in [4.78, 5) is 49.9. The van der Waals surface area contributed by atoms with Crippen molar-refractivity contribution in [3.05, 3.63) is 87.5 Å². The molecule has 166 valence electrons. The molecule has 2 N–H and O–H groups in total. The topological polar surface area (TPSA) is 109 Å². The number of nitrogens with zero attached hydrogens (tertiary/aromatic N) is 2. The number of benzene rings is 2. The van der Waals surface area contributed by atoms with E-state index in [2.05, 4.69) is 21.2 Å². The molecule has 33 heavy (non-hydrogen) atoms. The van der Waals surface area contributed by atoms with Crippen LogP contribution in [-0.4, -0.2) is 44.1 Å². The van der Waals surface area contributed by atoms with Gasteiger partial charge in [0, 0.05) is 27.7 Å². The van der Waals surface area contributed by atoms with Gasteiger partial charge in [0.15, 0.2) is 0 Å². The van der Waals surface area contributed by atoms with Crippen molar-refractivity contribution in [1.82, 2.24) is 9.47 Å². The van der Waals surface area contributed by atoms with E-state index in [0.29, 0.717) is 17.1 Å². The van der Waals surface area contributed by atoms with E-state index in [0.717, 1.165) is 21.1 Å². The second-order valence-corrected chi connectivity index (χ2v) is 8.89. The molecule has 0 aliphatic carbocycles. The largest absolute Gasteiger partial charge is 0.478 e. The molecule has 1 aliphatic heterocycles. The Morgan fingerprint density at radius 2 is 1.82 bits per heavy atom. The second-order valence-electron chi connectivity index (χ2n) is 6.98. The molecule has 0 saturated carbocycles. The van der Waals surface area contributed by atoms with Crippen LogP contribution < -0.4 is 5.32 Å². The summed E-state index contributed by atoms with van der Waals surface area (Å²) < 4.78 is 2.57. The number of carboxylic acids is 1. The van der Waals surface area contributed by atoms with Gasteiger partial charge in [-0.05, 0) is 72.4 Å². The van der Waals surface area contributed by atoms with E-state index in [9.17, 15) is 24.3 Å². The summed E-state index contributed by atoms with van der Waals surface area (Å²) in [7, 11) is 0. The van der Waals surface area contributed by atoms with Crippen LogP contribution in [0, 0.1) is 0 Å². The van der Waals surface area contributed by atoms with Gasteiger partial charge >= 0.3 is 5.97 Å². The maximum atomic E-state index is 12.8. The number of rotatable bonds is 6. The fraction of sp³-hybridized carbons (Fsp3) is 0.0435. The summed E-state index contributed by atoms with van der Waals surface area (Å²) in [5.74, 6) is -2.11. The number of aromatic nitrogens is 1. The lowest BCUT2D eigenvalue weighted by molar-refractivity contribution is -0.127. The third-order valence-corrected chi connectivity index (χ3v) is 6.17. The number of aromatic carboxylic acids is 1. The first-order valence-corrected chi connectivity index (χ1v) is 11.2. The average molecular weight is 526 g/mol. The van der Waals surface area contributed by atoms with Crippen LogP contribution in [0.3, 0.4) is 0 Å². The molecule has 3 aromatic rings. The average Bonchev–Trinajstić information content (AvgIpc) is 3.35. The lowest BCUT2D eigenvalue weighted by atomic mass is 10.2. The summed E-state index contributed by atoms with van der Waals surface area (Å²) >= 11 is 4.06. The first-order valence-electron chi connectivity index (χ1n) is 9.64. The minimum Gasteiger partial charge on any atom is -0.478 e. The Hall–Kier alpha value is -3.63.